The number of unbranched alkanes of at least 4 members (excludes halogenated alkanes) is 1. The first kappa shape index (κ1) is 12.4. The number of methoxy groups -OCH3 is 1. The molecule has 1 aliphatic rings. The normalized spacial score (nSPS) is 18.1. The summed E-state index contributed by atoms with van der Waals surface area (Å²) in [5.74, 6) is 0.887. The molecule has 1 aliphatic heterocycles. The maximum absolute atomic E-state index is 5.61. The van der Waals surface area contributed by atoms with Gasteiger partial charge in [0.05, 0.1) is 26.4 Å². The van der Waals surface area contributed by atoms with Crippen LogP contribution in [0.25, 0.3) is 0 Å². The van der Waals surface area contributed by atoms with Gasteiger partial charge in [-0.25, -0.2) is 0 Å². The van der Waals surface area contributed by atoms with E-state index in [-0.39, 0.29) is 0 Å². The number of ether oxygens (including phenoxy) is 3. The molecule has 3 nitrogen and oxygen atoms in total. The summed E-state index contributed by atoms with van der Waals surface area (Å²) in [5.41, 5.74) is 1.19. The van der Waals surface area contributed by atoms with Crippen molar-refractivity contribution in [2.75, 3.05) is 20.3 Å². The predicted molar refractivity (Wildman–Crippen MR) is 66.2 cm³/mol. The lowest BCUT2D eigenvalue weighted by Crippen LogP contribution is -1.96. The van der Waals surface area contributed by atoms with Gasteiger partial charge >= 0.3 is 0 Å². The van der Waals surface area contributed by atoms with Crippen LogP contribution < -0.4 is 4.74 Å². The Bertz CT molecular complexity index is 317. The molecule has 1 heterocycles. The van der Waals surface area contributed by atoms with Gasteiger partial charge in [0.15, 0.2) is 0 Å². The van der Waals surface area contributed by atoms with E-state index in [2.05, 4.69) is 0 Å². The van der Waals surface area contributed by atoms with Crippen molar-refractivity contribution >= 4 is 0 Å². The van der Waals surface area contributed by atoms with Gasteiger partial charge in [0.1, 0.15) is 5.75 Å². The molecule has 0 aliphatic carbocycles. The summed E-state index contributed by atoms with van der Waals surface area (Å²) in [6.45, 7) is 2.48. The van der Waals surface area contributed by atoms with Crippen molar-refractivity contribution in [1.29, 1.82) is 0 Å². The quantitative estimate of drug-likeness (QED) is 0.513. The van der Waals surface area contributed by atoms with E-state index >= 15 is 0 Å². The first-order valence-electron chi connectivity index (χ1n) is 6.21. The zero-order valence-corrected chi connectivity index (χ0v) is 10.4. The van der Waals surface area contributed by atoms with E-state index in [9.17, 15) is 0 Å². The molecule has 0 N–H and O–H groups in total. The van der Waals surface area contributed by atoms with Crippen LogP contribution >= 0.6 is 0 Å². The highest BCUT2D eigenvalue weighted by atomic mass is 16.6. The Hall–Kier alpha value is -1.06. The Morgan fingerprint density at radius 1 is 1.24 bits per heavy atom. The van der Waals surface area contributed by atoms with Crippen molar-refractivity contribution in [2.45, 2.75) is 32.0 Å². The average molecular weight is 236 g/mol. The van der Waals surface area contributed by atoms with Gasteiger partial charge in [-0.2, -0.15) is 0 Å². The van der Waals surface area contributed by atoms with Gasteiger partial charge in [0.2, 0.25) is 0 Å². The Morgan fingerprint density at radius 2 is 2.00 bits per heavy atom. The molecule has 1 saturated heterocycles. The highest BCUT2D eigenvalue weighted by Gasteiger charge is 2.20. The molecule has 0 saturated carbocycles. The SMILES string of the molecule is COc1ccc(COCCCCC2CO2)cc1. The number of benzene rings is 1. The molecule has 0 aromatic heterocycles. The van der Waals surface area contributed by atoms with Crippen LogP contribution in [-0.2, 0) is 16.1 Å². The Morgan fingerprint density at radius 3 is 2.65 bits per heavy atom. The van der Waals surface area contributed by atoms with Crippen LogP contribution in [0.2, 0.25) is 0 Å². The highest BCUT2D eigenvalue weighted by Crippen LogP contribution is 2.16. The number of rotatable bonds is 8. The van der Waals surface area contributed by atoms with Crippen LogP contribution in [0.4, 0.5) is 0 Å². The number of epoxide rings is 1. The van der Waals surface area contributed by atoms with Crippen molar-refractivity contribution < 1.29 is 14.2 Å². The first-order chi connectivity index (χ1) is 8.38. The van der Waals surface area contributed by atoms with Crippen molar-refractivity contribution in [3.8, 4) is 5.75 Å². The van der Waals surface area contributed by atoms with Gasteiger partial charge in [0, 0.05) is 6.61 Å². The van der Waals surface area contributed by atoms with Gasteiger partial charge in [-0.05, 0) is 37.0 Å². The summed E-state index contributed by atoms with van der Waals surface area (Å²) in [4.78, 5) is 0. The van der Waals surface area contributed by atoms with Crippen LogP contribution in [-0.4, -0.2) is 26.4 Å². The standard InChI is InChI=1S/C14H20O3/c1-15-13-7-5-12(6-8-13)10-16-9-3-2-4-14-11-17-14/h5-8,14H,2-4,9-11H2,1H3. The van der Waals surface area contributed by atoms with Crippen molar-refractivity contribution in [3.63, 3.8) is 0 Å². The van der Waals surface area contributed by atoms with E-state index in [0.717, 1.165) is 25.4 Å². The summed E-state index contributed by atoms with van der Waals surface area (Å²) >= 11 is 0. The van der Waals surface area contributed by atoms with E-state index in [4.69, 9.17) is 14.2 Å². The van der Waals surface area contributed by atoms with Gasteiger partial charge in [-0.3, -0.25) is 0 Å². The van der Waals surface area contributed by atoms with Crippen LogP contribution in [0, 0.1) is 0 Å². The molecule has 2 rings (SSSR count). The Balaban J connectivity index is 1.53. The molecule has 1 fully saturated rings. The minimum Gasteiger partial charge on any atom is -0.497 e. The molecule has 94 valence electrons. The fourth-order valence-electron chi connectivity index (χ4n) is 1.72. The third-order valence-corrected chi connectivity index (χ3v) is 2.89. The van der Waals surface area contributed by atoms with Gasteiger partial charge in [0.25, 0.3) is 0 Å². The van der Waals surface area contributed by atoms with E-state index in [1.54, 1.807) is 7.11 Å². The second-order valence-electron chi connectivity index (χ2n) is 4.35. The summed E-state index contributed by atoms with van der Waals surface area (Å²) in [7, 11) is 1.68. The zero-order chi connectivity index (χ0) is 11.9. The summed E-state index contributed by atoms with van der Waals surface area (Å²) < 4.78 is 15.9. The fraction of sp³-hybridized carbons (Fsp3) is 0.571. The lowest BCUT2D eigenvalue weighted by atomic mass is 10.2. The molecular formula is C14H20O3. The van der Waals surface area contributed by atoms with Crippen LogP contribution in [0.3, 0.4) is 0 Å². The molecule has 0 amide bonds. The fourth-order valence-corrected chi connectivity index (χ4v) is 1.72. The lowest BCUT2D eigenvalue weighted by molar-refractivity contribution is 0.116. The van der Waals surface area contributed by atoms with Crippen molar-refractivity contribution in [2.24, 2.45) is 0 Å². The van der Waals surface area contributed by atoms with Gasteiger partial charge in [-0.1, -0.05) is 12.1 Å². The molecule has 17 heavy (non-hydrogen) atoms. The molecule has 1 aromatic carbocycles. The summed E-state index contributed by atoms with van der Waals surface area (Å²) in [6, 6.07) is 8.00. The smallest absolute Gasteiger partial charge is 0.118 e. The van der Waals surface area contributed by atoms with E-state index in [0.29, 0.717) is 12.7 Å². The van der Waals surface area contributed by atoms with Crippen LogP contribution in [0.1, 0.15) is 24.8 Å². The molecule has 0 bridgehead atoms. The third kappa shape index (κ3) is 4.75. The molecule has 1 unspecified atom stereocenters. The molecule has 1 aromatic rings. The van der Waals surface area contributed by atoms with E-state index in [1.165, 1.54) is 18.4 Å². The lowest BCUT2D eigenvalue weighted by Gasteiger charge is -2.05. The summed E-state index contributed by atoms with van der Waals surface area (Å²) in [5, 5.41) is 0. The molecule has 3 heteroatoms. The largest absolute Gasteiger partial charge is 0.497 e. The third-order valence-electron chi connectivity index (χ3n) is 2.89. The van der Waals surface area contributed by atoms with Crippen molar-refractivity contribution in [1.82, 2.24) is 0 Å². The Labute approximate surface area is 103 Å². The van der Waals surface area contributed by atoms with Gasteiger partial charge in [-0.15, -0.1) is 0 Å². The zero-order valence-electron chi connectivity index (χ0n) is 10.4. The van der Waals surface area contributed by atoms with Crippen LogP contribution in [0.5, 0.6) is 5.75 Å². The topological polar surface area (TPSA) is 31.0 Å². The number of hydrogen-bond donors (Lipinski definition) is 0. The Kier molecular flexibility index (Phi) is 4.83. The second-order valence-corrected chi connectivity index (χ2v) is 4.35. The van der Waals surface area contributed by atoms with Gasteiger partial charge < -0.3 is 14.2 Å². The predicted octanol–water partition coefficient (Wildman–Crippen LogP) is 2.78. The minimum absolute atomic E-state index is 0.552. The minimum atomic E-state index is 0.552. The molecular weight excluding hydrogens is 216 g/mol. The molecule has 1 atom stereocenters. The maximum Gasteiger partial charge on any atom is 0.118 e. The van der Waals surface area contributed by atoms with E-state index in [1.807, 2.05) is 24.3 Å². The summed E-state index contributed by atoms with van der Waals surface area (Å²) in [6.07, 6.45) is 4.06. The first-order valence-corrected chi connectivity index (χ1v) is 6.21. The second kappa shape index (κ2) is 6.62. The number of hydrogen-bond acceptors (Lipinski definition) is 3. The van der Waals surface area contributed by atoms with Crippen LogP contribution in [0.15, 0.2) is 24.3 Å². The average Bonchev–Trinajstić information content (AvgIpc) is 3.18. The molecule has 0 radical (unpaired) electrons. The monoisotopic (exact) mass is 236 g/mol. The highest BCUT2D eigenvalue weighted by molar-refractivity contribution is 5.26. The maximum atomic E-state index is 5.61. The van der Waals surface area contributed by atoms with Crippen molar-refractivity contribution in [3.05, 3.63) is 29.8 Å². The van der Waals surface area contributed by atoms with E-state index < -0.39 is 0 Å². The molecule has 0 spiro atoms.